The van der Waals surface area contributed by atoms with E-state index in [0.717, 1.165) is 31.7 Å². The second-order valence-corrected chi connectivity index (χ2v) is 5.08. The number of hydrogen-bond acceptors (Lipinski definition) is 3. The molecule has 19 heavy (non-hydrogen) atoms. The molecule has 1 aromatic carbocycles. The van der Waals surface area contributed by atoms with Crippen molar-refractivity contribution in [1.29, 1.82) is 0 Å². The lowest BCUT2D eigenvalue weighted by Gasteiger charge is -2.24. The molecule has 0 bridgehead atoms. The summed E-state index contributed by atoms with van der Waals surface area (Å²) in [6.07, 6.45) is 1.80. The summed E-state index contributed by atoms with van der Waals surface area (Å²) >= 11 is 0. The SMILES string of the molecule is CCCN(CCC)CC(O)COc1ccc(C)cc1. The van der Waals surface area contributed by atoms with Gasteiger partial charge in [-0.25, -0.2) is 0 Å². The number of aryl methyl sites for hydroxylation is 1. The van der Waals surface area contributed by atoms with Gasteiger partial charge in [0, 0.05) is 6.54 Å². The molecule has 1 unspecified atom stereocenters. The Labute approximate surface area is 117 Å². The summed E-state index contributed by atoms with van der Waals surface area (Å²) in [5.41, 5.74) is 1.21. The summed E-state index contributed by atoms with van der Waals surface area (Å²) in [6, 6.07) is 7.92. The molecule has 3 nitrogen and oxygen atoms in total. The second-order valence-electron chi connectivity index (χ2n) is 5.08. The molecule has 0 spiro atoms. The first-order valence-corrected chi connectivity index (χ1v) is 7.25. The number of benzene rings is 1. The summed E-state index contributed by atoms with van der Waals surface area (Å²) in [4.78, 5) is 2.29. The number of ether oxygens (including phenoxy) is 1. The van der Waals surface area contributed by atoms with Crippen molar-refractivity contribution in [1.82, 2.24) is 4.90 Å². The van der Waals surface area contributed by atoms with Crippen molar-refractivity contribution in [2.45, 2.75) is 39.7 Å². The maximum Gasteiger partial charge on any atom is 0.119 e. The van der Waals surface area contributed by atoms with E-state index in [-0.39, 0.29) is 0 Å². The average molecular weight is 265 g/mol. The van der Waals surface area contributed by atoms with Crippen LogP contribution in [0.1, 0.15) is 32.3 Å². The third kappa shape index (κ3) is 6.60. The van der Waals surface area contributed by atoms with Gasteiger partial charge in [-0.05, 0) is 45.0 Å². The molecule has 0 aliphatic carbocycles. The van der Waals surface area contributed by atoms with Crippen LogP contribution in [0, 0.1) is 6.92 Å². The van der Waals surface area contributed by atoms with E-state index < -0.39 is 6.10 Å². The Kier molecular flexibility index (Phi) is 7.53. The number of nitrogens with zero attached hydrogens (tertiary/aromatic N) is 1. The number of rotatable bonds is 9. The highest BCUT2D eigenvalue weighted by atomic mass is 16.5. The summed E-state index contributed by atoms with van der Waals surface area (Å²) in [7, 11) is 0. The Hall–Kier alpha value is -1.06. The van der Waals surface area contributed by atoms with Gasteiger partial charge in [0.2, 0.25) is 0 Å². The smallest absolute Gasteiger partial charge is 0.119 e. The van der Waals surface area contributed by atoms with Crippen LogP contribution in [0.15, 0.2) is 24.3 Å². The third-order valence-corrected chi connectivity index (χ3v) is 3.01. The van der Waals surface area contributed by atoms with Crippen molar-refractivity contribution in [3.63, 3.8) is 0 Å². The van der Waals surface area contributed by atoms with Gasteiger partial charge in [-0.15, -0.1) is 0 Å². The molecule has 0 aliphatic heterocycles. The molecule has 0 heterocycles. The number of aliphatic hydroxyl groups excluding tert-OH is 1. The molecule has 1 atom stereocenters. The van der Waals surface area contributed by atoms with Crippen LogP contribution in [0.2, 0.25) is 0 Å². The lowest BCUT2D eigenvalue weighted by atomic mass is 10.2. The molecule has 0 aliphatic rings. The predicted molar refractivity (Wildman–Crippen MR) is 79.7 cm³/mol. The third-order valence-electron chi connectivity index (χ3n) is 3.01. The zero-order chi connectivity index (χ0) is 14.1. The molecule has 0 amide bonds. The van der Waals surface area contributed by atoms with E-state index in [1.165, 1.54) is 5.56 Å². The molecule has 0 fully saturated rings. The van der Waals surface area contributed by atoms with Crippen molar-refractivity contribution < 1.29 is 9.84 Å². The Morgan fingerprint density at radius 3 is 2.21 bits per heavy atom. The van der Waals surface area contributed by atoms with E-state index in [1.54, 1.807) is 0 Å². The molecular formula is C16H27NO2. The van der Waals surface area contributed by atoms with Gasteiger partial charge in [-0.2, -0.15) is 0 Å². The first-order chi connectivity index (χ1) is 9.15. The fourth-order valence-electron chi connectivity index (χ4n) is 2.10. The molecule has 1 N–H and O–H groups in total. The quantitative estimate of drug-likeness (QED) is 0.745. The predicted octanol–water partition coefficient (Wildman–Crippen LogP) is 2.86. The molecule has 3 heteroatoms. The van der Waals surface area contributed by atoms with Gasteiger partial charge in [0.05, 0.1) is 0 Å². The minimum atomic E-state index is -0.431. The lowest BCUT2D eigenvalue weighted by Crippen LogP contribution is -2.36. The summed E-state index contributed by atoms with van der Waals surface area (Å²) < 4.78 is 5.60. The molecule has 0 radical (unpaired) electrons. The van der Waals surface area contributed by atoms with E-state index >= 15 is 0 Å². The minimum Gasteiger partial charge on any atom is -0.491 e. The van der Waals surface area contributed by atoms with Crippen LogP contribution in [0.5, 0.6) is 5.75 Å². The Morgan fingerprint density at radius 1 is 1.11 bits per heavy atom. The molecule has 0 saturated heterocycles. The molecular weight excluding hydrogens is 238 g/mol. The van der Waals surface area contributed by atoms with Crippen molar-refractivity contribution in [2.24, 2.45) is 0 Å². The van der Waals surface area contributed by atoms with Crippen LogP contribution in [-0.2, 0) is 0 Å². The van der Waals surface area contributed by atoms with Crippen LogP contribution < -0.4 is 4.74 Å². The van der Waals surface area contributed by atoms with Crippen LogP contribution in [-0.4, -0.2) is 42.4 Å². The number of aliphatic hydroxyl groups is 1. The van der Waals surface area contributed by atoms with E-state index in [0.29, 0.717) is 13.2 Å². The zero-order valence-corrected chi connectivity index (χ0v) is 12.4. The van der Waals surface area contributed by atoms with Crippen molar-refractivity contribution in [2.75, 3.05) is 26.2 Å². The van der Waals surface area contributed by atoms with Crippen LogP contribution in [0.4, 0.5) is 0 Å². The van der Waals surface area contributed by atoms with Crippen molar-refractivity contribution in [3.05, 3.63) is 29.8 Å². The molecule has 0 aromatic heterocycles. The Morgan fingerprint density at radius 2 is 1.68 bits per heavy atom. The van der Waals surface area contributed by atoms with E-state index in [9.17, 15) is 5.11 Å². The zero-order valence-electron chi connectivity index (χ0n) is 12.4. The monoisotopic (exact) mass is 265 g/mol. The average Bonchev–Trinajstić information content (AvgIpc) is 2.39. The van der Waals surface area contributed by atoms with Crippen LogP contribution in [0.3, 0.4) is 0 Å². The summed E-state index contributed by atoms with van der Waals surface area (Å²) in [5.74, 6) is 0.821. The van der Waals surface area contributed by atoms with Gasteiger partial charge < -0.3 is 14.7 Å². The van der Waals surface area contributed by atoms with E-state index in [1.807, 2.05) is 31.2 Å². The molecule has 1 aromatic rings. The molecule has 108 valence electrons. The highest BCUT2D eigenvalue weighted by molar-refractivity contribution is 5.26. The largest absolute Gasteiger partial charge is 0.491 e. The normalized spacial score (nSPS) is 12.7. The van der Waals surface area contributed by atoms with Gasteiger partial charge >= 0.3 is 0 Å². The first-order valence-electron chi connectivity index (χ1n) is 7.25. The second kappa shape index (κ2) is 8.94. The van der Waals surface area contributed by atoms with E-state index in [2.05, 4.69) is 18.7 Å². The maximum absolute atomic E-state index is 10.0. The number of hydrogen-bond donors (Lipinski definition) is 1. The van der Waals surface area contributed by atoms with E-state index in [4.69, 9.17) is 4.74 Å². The van der Waals surface area contributed by atoms with Crippen LogP contribution in [0.25, 0.3) is 0 Å². The standard InChI is InChI=1S/C16H27NO2/c1-4-10-17(11-5-2)12-15(18)13-19-16-8-6-14(3)7-9-16/h6-9,15,18H,4-5,10-13H2,1-3H3. The lowest BCUT2D eigenvalue weighted by molar-refractivity contribution is 0.0681. The fourth-order valence-corrected chi connectivity index (χ4v) is 2.10. The summed E-state index contributed by atoms with van der Waals surface area (Å²) in [5, 5.41) is 10.0. The Balaban J connectivity index is 2.33. The molecule has 0 saturated carbocycles. The topological polar surface area (TPSA) is 32.7 Å². The Bertz CT molecular complexity index is 331. The van der Waals surface area contributed by atoms with Gasteiger partial charge in [-0.1, -0.05) is 31.5 Å². The van der Waals surface area contributed by atoms with Gasteiger partial charge in [0.15, 0.2) is 0 Å². The van der Waals surface area contributed by atoms with Crippen molar-refractivity contribution in [3.8, 4) is 5.75 Å². The maximum atomic E-state index is 10.0. The highest BCUT2D eigenvalue weighted by Crippen LogP contribution is 2.11. The highest BCUT2D eigenvalue weighted by Gasteiger charge is 2.11. The van der Waals surface area contributed by atoms with Gasteiger partial charge in [-0.3, -0.25) is 0 Å². The van der Waals surface area contributed by atoms with Gasteiger partial charge in [0.25, 0.3) is 0 Å². The molecule has 1 rings (SSSR count). The van der Waals surface area contributed by atoms with Gasteiger partial charge in [0.1, 0.15) is 18.5 Å². The van der Waals surface area contributed by atoms with Crippen molar-refractivity contribution >= 4 is 0 Å². The van der Waals surface area contributed by atoms with Crippen LogP contribution >= 0.6 is 0 Å². The first kappa shape index (κ1) is 16.0. The summed E-state index contributed by atoms with van der Waals surface area (Å²) in [6.45, 7) is 9.49. The fraction of sp³-hybridized carbons (Fsp3) is 0.625. The minimum absolute atomic E-state index is 0.354.